The molecule has 2 saturated heterocycles. The smallest absolute Gasteiger partial charge is 0.329 e. The van der Waals surface area contributed by atoms with Crippen LogP contribution in [0.4, 0.5) is 10.5 Å². The average molecular weight is 642 g/mol. The number of carbonyl (C=O) groups is 3. The molecule has 0 spiro atoms. The van der Waals surface area contributed by atoms with E-state index < -0.39 is 35.6 Å². The van der Waals surface area contributed by atoms with Gasteiger partial charge in [-0.15, -0.1) is 12.4 Å². The van der Waals surface area contributed by atoms with Gasteiger partial charge in [0.25, 0.3) is 5.91 Å². The zero-order chi connectivity index (χ0) is 30.6. The van der Waals surface area contributed by atoms with E-state index in [2.05, 4.69) is 9.80 Å². The zero-order valence-corrected chi connectivity index (χ0v) is 26.4. The predicted molar refractivity (Wildman–Crippen MR) is 172 cm³/mol. The predicted octanol–water partition coefficient (Wildman–Crippen LogP) is 4.40. The Morgan fingerprint density at radius 2 is 1.43 bits per heavy atom. The Bertz CT molecular complexity index is 1400. The van der Waals surface area contributed by atoms with E-state index in [1.165, 1.54) is 11.8 Å². The molecule has 1 N–H and O–H groups in total. The van der Waals surface area contributed by atoms with Crippen LogP contribution < -0.4 is 4.90 Å². The van der Waals surface area contributed by atoms with Crippen molar-refractivity contribution in [2.45, 2.75) is 31.5 Å². The number of rotatable bonds is 10. The van der Waals surface area contributed by atoms with Crippen molar-refractivity contribution in [3.8, 4) is 0 Å². The summed E-state index contributed by atoms with van der Waals surface area (Å²) in [4.78, 5) is 48.2. The number of anilines is 1. The van der Waals surface area contributed by atoms with E-state index in [1.807, 2.05) is 60.7 Å². The van der Waals surface area contributed by atoms with Crippen LogP contribution in [0.2, 0.25) is 5.02 Å². The summed E-state index contributed by atoms with van der Waals surface area (Å²) >= 11 is 6.40. The number of imide groups is 1. The maximum absolute atomic E-state index is 14.5. The van der Waals surface area contributed by atoms with E-state index in [9.17, 15) is 19.5 Å². The standard InChI is InChI=1S/C33H37ClN4O5.ClH/c1-3-43-30(40)24(2)38-31(41)33(25-12-6-4-7-13-25,26-14-8-5-9-15-26)37(32(38)42)23-27(39)22-35-18-20-36(21-19-35)29-17-11-10-16-28(29)34;/h4-17,24,27,39H,3,18-23H2,1-2H3;1H. The van der Waals surface area contributed by atoms with Crippen molar-refractivity contribution in [1.29, 1.82) is 0 Å². The van der Waals surface area contributed by atoms with Gasteiger partial charge in [-0.25, -0.2) is 14.5 Å². The molecular formula is C33H38Cl2N4O5. The normalized spacial score (nSPS) is 18.1. The number of carbonyl (C=O) groups excluding carboxylic acids is 3. The summed E-state index contributed by atoms with van der Waals surface area (Å²) in [7, 11) is 0. The molecule has 2 fully saturated rings. The van der Waals surface area contributed by atoms with Crippen molar-refractivity contribution >= 4 is 47.6 Å². The average Bonchev–Trinajstić information content (AvgIpc) is 3.24. The van der Waals surface area contributed by atoms with Crippen LogP contribution in [0.5, 0.6) is 0 Å². The third kappa shape index (κ3) is 6.28. The molecule has 2 aliphatic rings. The summed E-state index contributed by atoms with van der Waals surface area (Å²) in [6.45, 7) is 6.34. The minimum atomic E-state index is -1.58. The number of hydrogen-bond donors (Lipinski definition) is 1. The van der Waals surface area contributed by atoms with E-state index in [0.717, 1.165) is 23.7 Å². The summed E-state index contributed by atoms with van der Waals surface area (Å²) in [5.41, 5.74) is 0.540. The van der Waals surface area contributed by atoms with Crippen LogP contribution in [0.15, 0.2) is 84.9 Å². The number of ether oxygens (including phenoxy) is 1. The van der Waals surface area contributed by atoms with Crippen LogP contribution >= 0.6 is 24.0 Å². The minimum absolute atomic E-state index is 0. The molecule has 9 nitrogen and oxygen atoms in total. The van der Waals surface area contributed by atoms with Crippen LogP contribution in [-0.2, 0) is 19.9 Å². The Labute approximate surface area is 269 Å². The maximum Gasteiger partial charge on any atom is 0.329 e. The number of para-hydroxylation sites is 1. The Balaban J connectivity index is 0.00000442. The van der Waals surface area contributed by atoms with Gasteiger partial charge in [-0.2, -0.15) is 0 Å². The summed E-state index contributed by atoms with van der Waals surface area (Å²) < 4.78 is 5.19. The van der Waals surface area contributed by atoms with Gasteiger partial charge in [0.2, 0.25) is 0 Å². The highest BCUT2D eigenvalue weighted by Gasteiger charge is 2.61. The highest BCUT2D eigenvalue weighted by atomic mass is 35.5. The van der Waals surface area contributed by atoms with Crippen LogP contribution in [-0.4, -0.2) is 95.7 Å². The largest absolute Gasteiger partial charge is 0.464 e. The number of aliphatic hydroxyl groups is 1. The van der Waals surface area contributed by atoms with E-state index in [4.69, 9.17) is 16.3 Å². The molecule has 0 aliphatic carbocycles. The maximum atomic E-state index is 14.5. The molecule has 11 heteroatoms. The minimum Gasteiger partial charge on any atom is -0.464 e. The number of esters is 1. The van der Waals surface area contributed by atoms with Gasteiger partial charge in [-0.1, -0.05) is 84.4 Å². The molecule has 0 saturated carbocycles. The molecule has 44 heavy (non-hydrogen) atoms. The van der Waals surface area contributed by atoms with Crippen molar-refractivity contribution in [3.05, 3.63) is 101 Å². The molecule has 0 bridgehead atoms. The first-order chi connectivity index (χ1) is 20.8. The summed E-state index contributed by atoms with van der Waals surface area (Å²) in [5, 5.41) is 12.1. The van der Waals surface area contributed by atoms with Gasteiger partial charge in [0.05, 0.1) is 30.0 Å². The molecule has 2 heterocycles. The summed E-state index contributed by atoms with van der Waals surface area (Å²) in [6.07, 6.45) is -0.965. The first kappa shape index (κ1) is 33.3. The molecule has 2 aliphatic heterocycles. The van der Waals surface area contributed by atoms with Crippen LogP contribution in [0.25, 0.3) is 0 Å². The van der Waals surface area contributed by atoms with E-state index in [-0.39, 0.29) is 25.6 Å². The van der Waals surface area contributed by atoms with Crippen molar-refractivity contribution in [3.63, 3.8) is 0 Å². The third-order valence-electron chi connectivity index (χ3n) is 8.20. The lowest BCUT2D eigenvalue weighted by molar-refractivity contribution is -0.151. The second kappa shape index (κ2) is 14.4. The molecule has 0 radical (unpaired) electrons. The molecule has 3 amide bonds. The van der Waals surface area contributed by atoms with Crippen molar-refractivity contribution in [2.75, 3.05) is 50.8 Å². The number of nitrogens with zero attached hydrogens (tertiary/aromatic N) is 4. The number of urea groups is 1. The lowest BCUT2D eigenvalue weighted by Crippen LogP contribution is -2.53. The lowest BCUT2D eigenvalue weighted by Gasteiger charge is -2.39. The molecule has 3 aromatic rings. The quantitative estimate of drug-likeness (QED) is 0.259. The van der Waals surface area contributed by atoms with Gasteiger partial charge in [-0.3, -0.25) is 14.6 Å². The van der Waals surface area contributed by atoms with Crippen molar-refractivity contribution in [1.82, 2.24) is 14.7 Å². The number of aliphatic hydroxyl groups excluding tert-OH is 1. The molecule has 2 atom stereocenters. The fourth-order valence-corrected chi connectivity index (χ4v) is 6.36. The zero-order valence-electron chi connectivity index (χ0n) is 24.8. The molecule has 2 unspecified atom stereocenters. The first-order valence-corrected chi connectivity index (χ1v) is 15.0. The Morgan fingerprint density at radius 3 is 1.98 bits per heavy atom. The lowest BCUT2D eigenvalue weighted by atomic mass is 9.81. The summed E-state index contributed by atoms with van der Waals surface area (Å²) in [6, 6.07) is 24.0. The molecule has 234 valence electrons. The highest BCUT2D eigenvalue weighted by molar-refractivity contribution is 6.33. The van der Waals surface area contributed by atoms with E-state index in [0.29, 0.717) is 35.8 Å². The fraction of sp³-hybridized carbons (Fsp3) is 0.364. The van der Waals surface area contributed by atoms with Gasteiger partial charge in [0.15, 0.2) is 5.54 Å². The van der Waals surface area contributed by atoms with E-state index in [1.54, 1.807) is 31.2 Å². The second-order valence-electron chi connectivity index (χ2n) is 10.8. The van der Waals surface area contributed by atoms with Gasteiger partial charge in [0, 0.05) is 32.7 Å². The van der Waals surface area contributed by atoms with Crippen molar-refractivity contribution < 1.29 is 24.2 Å². The van der Waals surface area contributed by atoms with Crippen LogP contribution in [0, 0.1) is 0 Å². The number of β-amino-alcohol motifs (C(OH)–C–C–N with tert-alkyl or cyclic N) is 1. The topological polar surface area (TPSA) is 93.6 Å². The molecule has 5 rings (SSSR count). The second-order valence-corrected chi connectivity index (χ2v) is 11.2. The molecule has 0 aromatic heterocycles. The molecular weight excluding hydrogens is 603 g/mol. The Hall–Kier alpha value is -3.63. The number of amides is 3. The number of halogens is 2. The number of benzene rings is 3. The van der Waals surface area contributed by atoms with Gasteiger partial charge < -0.3 is 14.7 Å². The monoisotopic (exact) mass is 640 g/mol. The van der Waals surface area contributed by atoms with E-state index >= 15 is 0 Å². The Morgan fingerprint density at radius 1 is 0.886 bits per heavy atom. The van der Waals surface area contributed by atoms with Crippen LogP contribution in [0.1, 0.15) is 25.0 Å². The van der Waals surface area contributed by atoms with Crippen LogP contribution in [0.3, 0.4) is 0 Å². The summed E-state index contributed by atoms with van der Waals surface area (Å²) in [5.74, 6) is -1.23. The third-order valence-corrected chi connectivity index (χ3v) is 8.52. The van der Waals surface area contributed by atoms with Gasteiger partial charge >= 0.3 is 12.0 Å². The fourth-order valence-electron chi connectivity index (χ4n) is 6.11. The number of hydrogen-bond acceptors (Lipinski definition) is 7. The SMILES string of the molecule is CCOC(=O)C(C)N1C(=O)N(CC(O)CN2CCN(c3ccccc3Cl)CC2)C(c2ccccc2)(c2ccccc2)C1=O.Cl. The highest BCUT2D eigenvalue weighted by Crippen LogP contribution is 2.44. The number of piperazine rings is 1. The van der Waals surface area contributed by atoms with Gasteiger partial charge in [-0.05, 0) is 37.1 Å². The van der Waals surface area contributed by atoms with Gasteiger partial charge in [0.1, 0.15) is 6.04 Å². The molecule has 3 aromatic carbocycles. The van der Waals surface area contributed by atoms with Crippen molar-refractivity contribution in [2.24, 2.45) is 0 Å². The first-order valence-electron chi connectivity index (χ1n) is 14.6. The Kier molecular flexibility index (Phi) is 10.9.